The largest absolute Gasteiger partial charge is 0.393 e. The van der Waals surface area contributed by atoms with E-state index in [1.165, 1.54) is 31.3 Å². The maximum atomic E-state index is 10.3. The van der Waals surface area contributed by atoms with Gasteiger partial charge in [-0.15, -0.1) is 0 Å². The fraction of sp³-hybridized carbons (Fsp3) is 0.778. The van der Waals surface area contributed by atoms with Gasteiger partial charge in [-0.2, -0.15) is 0 Å². The number of rotatable bonds is 6. The standard InChI is InChI=1S/C27H44O4/c1-17(8-13-25(30)26(3,4)31)22-11-12-23-19(7-6-14-27(22,23)5)9-10-20-15-21(28)16-24(29)18(20)2/h9-10,17,21-25,28-31H,2,6-8,11-16H2,1,3-5H3/b19-9+,20-10+/t17-,21-,22-,23+,24+,25+,27-/m1/s1. The Bertz CT molecular complexity index is 715. The molecule has 0 bridgehead atoms. The predicted molar refractivity (Wildman–Crippen MR) is 125 cm³/mol. The van der Waals surface area contributed by atoms with Crippen molar-refractivity contribution < 1.29 is 20.4 Å². The first-order valence-electron chi connectivity index (χ1n) is 12.3. The quantitative estimate of drug-likeness (QED) is 0.491. The zero-order valence-electron chi connectivity index (χ0n) is 20.0. The Balaban J connectivity index is 1.71. The van der Waals surface area contributed by atoms with Gasteiger partial charge in [0.05, 0.1) is 23.9 Å². The second-order valence-electron chi connectivity index (χ2n) is 11.4. The molecule has 3 fully saturated rings. The van der Waals surface area contributed by atoms with Crippen LogP contribution >= 0.6 is 0 Å². The zero-order valence-corrected chi connectivity index (χ0v) is 20.0. The molecule has 0 saturated heterocycles. The van der Waals surface area contributed by atoms with Gasteiger partial charge in [-0.25, -0.2) is 0 Å². The molecule has 0 unspecified atom stereocenters. The summed E-state index contributed by atoms with van der Waals surface area (Å²) in [5.74, 6) is 1.74. The number of allylic oxidation sites excluding steroid dienone is 3. The zero-order chi connectivity index (χ0) is 23.0. The van der Waals surface area contributed by atoms with Crippen molar-refractivity contribution in [1.29, 1.82) is 0 Å². The van der Waals surface area contributed by atoms with Crippen molar-refractivity contribution in [3.63, 3.8) is 0 Å². The molecule has 4 nitrogen and oxygen atoms in total. The van der Waals surface area contributed by atoms with Crippen LogP contribution in [0.4, 0.5) is 0 Å². The highest BCUT2D eigenvalue weighted by Gasteiger charge is 2.50. The minimum Gasteiger partial charge on any atom is -0.393 e. The molecule has 3 aliphatic rings. The minimum absolute atomic E-state index is 0.282. The van der Waals surface area contributed by atoms with Crippen LogP contribution < -0.4 is 0 Å². The molecule has 3 rings (SSSR count). The molecule has 3 aliphatic carbocycles. The van der Waals surface area contributed by atoms with E-state index in [4.69, 9.17) is 0 Å². The Hall–Kier alpha value is -0.940. The molecular weight excluding hydrogens is 388 g/mol. The highest BCUT2D eigenvalue weighted by molar-refractivity contribution is 5.38. The van der Waals surface area contributed by atoms with Gasteiger partial charge in [0.2, 0.25) is 0 Å². The normalized spacial score (nSPS) is 39.0. The van der Waals surface area contributed by atoms with E-state index >= 15 is 0 Å². The molecule has 176 valence electrons. The Morgan fingerprint density at radius 1 is 1.19 bits per heavy atom. The second kappa shape index (κ2) is 9.51. The van der Waals surface area contributed by atoms with Gasteiger partial charge in [0.25, 0.3) is 0 Å². The van der Waals surface area contributed by atoms with Crippen molar-refractivity contribution in [1.82, 2.24) is 0 Å². The summed E-state index contributed by atoms with van der Waals surface area (Å²) >= 11 is 0. The summed E-state index contributed by atoms with van der Waals surface area (Å²) in [6, 6.07) is 0. The van der Waals surface area contributed by atoms with Gasteiger partial charge in [0.15, 0.2) is 0 Å². The van der Waals surface area contributed by atoms with E-state index in [0.717, 1.165) is 24.0 Å². The Morgan fingerprint density at radius 2 is 1.90 bits per heavy atom. The van der Waals surface area contributed by atoms with Crippen molar-refractivity contribution in [2.24, 2.45) is 23.2 Å². The maximum absolute atomic E-state index is 10.3. The third kappa shape index (κ3) is 5.35. The van der Waals surface area contributed by atoms with Crippen LogP contribution in [0.5, 0.6) is 0 Å². The lowest BCUT2D eigenvalue weighted by Crippen LogP contribution is -2.38. The Labute approximate surface area is 188 Å². The predicted octanol–water partition coefficient (Wildman–Crippen LogP) is 4.68. The van der Waals surface area contributed by atoms with Gasteiger partial charge < -0.3 is 20.4 Å². The lowest BCUT2D eigenvalue weighted by atomic mass is 9.60. The molecule has 31 heavy (non-hydrogen) atoms. The summed E-state index contributed by atoms with van der Waals surface area (Å²) in [5, 5.41) is 40.5. The number of aliphatic hydroxyl groups is 4. The molecule has 0 aromatic rings. The van der Waals surface area contributed by atoms with Gasteiger partial charge in [-0.1, -0.05) is 38.2 Å². The smallest absolute Gasteiger partial charge is 0.0849 e. The summed E-state index contributed by atoms with van der Waals surface area (Å²) in [4.78, 5) is 0. The van der Waals surface area contributed by atoms with Crippen LogP contribution in [-0.2, 0) is 0 Å². The van der Waals surface area contributed by atoms with E-state index in [2.05, 4.69) is 32.6 Å². The molecule has 4 N–H and O–H groups in total. The van der Waals surface area contributed by atoms with Gasteiger partial charge >= 0.3 is 0 Å². The molecule has 0 aliphatic heterocycles. The summed E-state index contributed by atoms with van der Waals surface area (Å²) in [5.41, 5.74) is 2.48. The average molecular weight is 433 g/mol. The molecule has 0 aromatic heterocycles. The topological polar surface area (TPSA) is 80.9 Å². The highest BCUT2D eigenvalue weighted by Crippen LogP contribution is 2.60. The van der Waals surface area contributed by atoms with Gasteiger partial charge in [-0.05, 0) is 99.5 Å². The molecular formula is C27H44O4. The monoisotopic (exact) mass is 432 g/mol. The van der Waals surface area contributed by atoms with E-state index < -0.39 is 23.9 Å². The van der Waals surface area contributed by atoms with E-state index in [1.807, 2.05) is 0 Å². The minimum atomic E-state index is -1.04. The van der Waals surface area contributed by atoms with Crippen molar-refractivity contribution in [3.05, 3.63) is 35.5 Å². The summed E-state index contributed by atoms with van der Waals surface area (Å²) in [6.45, 7) is 12.2. The number of fused-ring (bicyclic) bond motifs is 1. The van der Waals surface area contributed by atoms with Crippen molar-refractivity contribution >= 4 is 0 Å². The molecule has 0 amide bonds. The molecule has 0 spiro atoms. The van der Waals surface area contributed by atoms with Crippen LogP contribution in [0.2, 0.25) is 0 Å². The summed E-state index contributed by atoms with van der Waals surface area (Å²) < 4.78 is 0. The lowest BCUT2D eigenvalue weighted by Gasteiger charge is -2.44. The maximum Gasteiger partial charge on any atom is 0.0849 e. The number of aliphatic hydroxyl groups excluding tert-OH is 3. The fourth-order valence-corrected chi connectivity index (χ4v) is 6.65. The molecule has 4 heteroatoms. The first kappa shape index (κ1) is 24.7. The van der Waals surface area contributed by atoms with Gasteiger partial charge in [-0.3, -0.25) is 0 Å². The van der Waals surface area contributed by atoms with Gasteiger partial charge in [0.1, 0.15) is 0 Å². The van der Waals surface area contributed by atoms with Crippen LogP contribution in [-0.4, -0.2) is 44.3 Å². The van der Waals surface area contributed by atoms with Crippen molar-refractivity contribution in [2.75, 3.05) is 0 Å². The summed E-state index contributed by atoms with van der Waals surface area (Å²) in [7, 11) is 0. The fourth-order valence-electron chi connectivity index (χ4n) is 6.65. The average Bonchev–Trinajstić information content (AvgIpc) is 3.04. The van der Waals surface area contributed by atoms with Crippen LogP contribution in [0.15, 0.2) is 35.5 Å². The van der Waals surface area contributed by atoms with E-state index in [1.54, 1.807) is 13.8 Å². The van der Waals surface area contributed by atoms with E-state index in [-0.39, 0.29) is 5.41 Å². The second-order valence-corrected chi connectivity index (χ2v) is 11.4. The third-order valence-corrected chi connectivity index (χ3v) is 8.70. The van der Waals surface area contributed by atoms with Crippen LogP contribution in [0.25, 0.3) is 0 Å². The van der Waals surface area contributed by atoms with Crippen LogP contribution in [0.3, 0.4) is 0 Å². The van der Waals surface area contributed by atoms with Crippen LogP contribution in [0, 0.1) is 23.2 Å². The summed E-state index contributed by atoms with van der Waals surface area (Å²) in [6.07, 6.45) is 11.1. The van der Waals surface area contributed by atoms with E-state index in [0.29, 0.717) is 37.0 Å². The molecule has 3 saturated carbocycles. The first-order chi connectivity index (χ1) is 14.4. The number of hydrogen-bond acceptors (Lipinski definition) is 4. The number of hydrogen-bond donors (Lipinski definition) is 4. The molecule has 0 heterocycles. The SMILES string of the molecule is C=C1/C(=C/C=C2\CCC[C@]3(C)[C@@H]([C@H](C)CC[C@H](O)C(C)(C)O)CC[C@@H]23)C[C@@H](O)C[C@@H]1O. The molecule has 0 radical (unpaired) electrons. The Kier molecular flexibility index (Phi) is 7.57. The molecule has 0 aromatic carbocycles. The van der Waals surface area contributed by atoms with E-state index in [9.17, 15) is 20.4 Å². The first-order valence-corrected chi connectivity index (χ1v) is 12.3. The van der Waals surface area contributed by atoms with Gasteiger partial charge in [0, 0.05) is 6.42 Å². The van der Waals surface area contributed by atoms with Crippen molar-refractivity contribution in [2.45, 2.75) is 109 Å². The van der Waals surface area contributed by atoms with Crippen molar-refractivity contribution in [3.8, 4) is 0 Å². The lowest BCUT2D eigenvalue weighted by molar-refractivity contribution is -0.0554. The molecule has 7 atom stereocenters. The third-order valence-electron chi connectivity index (χ3n) is 8.70. The van der Waals surface area contributed by atoms with Crippen LogP contribution in [0.1, 0.15) is 85.5 Å². The Morgan fingerprint density at radius 3 is 2.58 bits per heavy atom. The highest BCUT2D eigenvalue weighted by atomic mass is 16.3.